The topological polar surface area (TPSA) is 47.3 Å². The minimum atomic E-state index is -0.385. The lowest BCUT2D eigenvalue weighted by Gasteiger charge is -2.12. The average molecular weight is 154 g/mol. The molecule has 60 valence electrons. The van der Waals surface area contributed by atoms with E-state index in [2.05, 4.69) is 4.98 Å². The Labute approximate surface area is 64.4 Å². The highest BCUT2D eigenvalue weighted by Crippen LogP contribution is 2.18. The Morgan fingerprint density at radius 2 is 2.45 bits per heavy atom. The summed E-state index contributed by atoms with van der Waals surface area (Å²) in [5, 5.41) is 9.39. The van der Waals surface area contributed by atoms with E-state index in [0.29, 0.717) is 13.2 Å². The number of aliphatic hydroxyl groups excluding tert-OH is 1. The molecule has 2 atom stereocenters. The smallest absolute Gasteiger partial charge is 0.100 e. The van der Waals surface area contributed by atoms with Crippen LogP contribution in [0.4, 0.5) is 0 Å². The van der Waals surface area contributed by atoms with Gasteiger partial charge in [0.05, 0.1) is 25.6 Å². The molecule has 1 saturated heterocycles. The Morgan fingerprint density at radius 3 is 3.00 bits per heavy atom. The standard InChI is InChI=1S/C7H10N2O2/c10-7-4-11-3-6(7)9-2-1-8-5-9/h1-2,5-7,10H,3-4H2/t6-,7+/m1/s1. The van der Waals surface area contributed by atoms with E-state index in [1.165, 1.54) is 0 Å². The van der Waals surface area contributed by atoms with Gasteiger partial charge in [0.1, 0.15) is 6.10 Å². The summed E-state index contributed by atoms with van der Waals surface area (Å²) >= 11 is 0. The Bertz CT molecular complexity index is 222. The van der Waals surface area contributed by atoms with Gasteiger partial charge in [0.2, 0.25) is 0 Å². The number of aromatic nitrogens is 2. The first kappa shape index (κ1) is 6.82. The van der Waals surface area contributed by atoms with Crippen molar-refractivity contribution < 1.29 is 9.84 Å². The zero-order valence-electron chi connectivity index (χ0n) is 6.05. The van der Waals surface area contributed by atoms with Crippen molar-refractivity contribution in [2.75, 3.05) is 13.2 Å². The second kappa shape index (κ2) is 2.64. The van der Waals surface area contributed by atoms with Crippen LogP contribution in [-0.4, -0.2) is 34.0 Å². The van der Waals surface area contributed by atoms with Gasteiger partial charge in [0.15, 0.2) is 0 Å². The molecule has 1 aromatic heterocycles. The van der Waals surface area contributed by atoms with Gasteiger partial charge in [-0.15, -0.1) is 0 Å². The van der Waals surface area contributed by atoms with Gasteiger partial charge >= 0.3 is 0 Å². The van der Waals surface area contributed by atoms with E-state index in [0.717, 1.165) is 0 Å². The van der Waals surface area contributed by atoms with Crippen molar-refractivity contribution >= 4 is 0 Å². The molecular formula is C7H10N2O2. The molecule has 0 aliphatic carbocycles. The van der Waals surface area contributed by atoms with Crippen LogP contribution in [0.15, 0.2) is 18.7 Å². The fourth-order valence-electron chi connectivity index (χ4n) is 1.28. The maximum absolute atomic E-state index is 9.39. The van der Waals surface area contributed by atoms with Gasteiger partial charge in [-0.2, -0.15) is 0 Å². The van der Waals surface area contributed by atoms with Crippen LogP contribution in [0.2, 0.25) is 0 Å². The van der Waals surface area contributed by atoms with Crippen LogP contribution in [0.25, 0.3) is 0 Å². The molecule has 0 unspecified atom stereocenters. The molecule has 0 spiro atoms. The average Bonchev–Trinajstić information content (AvgIpc) is 2.55. The highest BCUT2D eigenvalue weighted by Gasteiger charge is 2.26. The summed E-state index contributed by atoms with van der Waals surface area (Å²) in [6.45, 7) is 1.01. The van der Waals surface area contributed by atoms with Crippen LogP contribution < -0.4 is 0 Å². The van der Waals surface area contributed by atoms with Crippen molar-refractivity contribution in [1.82, 2.24) is 9.55 Å². The predicted octanol–water partition coefficient (Wildman–Crippen LogP) is -0.185. The molecule has 4 nitrogen and oxygen atoms in total. The maximum Gasteiger partial charge on any atom is 0.100 e. The van der Waals surface area contributed by atoms with Gasteiger partial charge in [0, 0.05) is 12.4 Å². The number of nitrogens with zero attached hydrogens (tertiary/aromatic N) is 2. The number of aliphatic hydroxyl groups is 1. The maximum atomic E-state index is 9.39. The SMILES string of the molecule is O[C@H]1COC[C@H]1n1ccnc1. The highest BCUT2D eigenvalue weighted by atomic mass is 16.5. The lowest BCUT2D eigenvalue weighted by atomic mass is 10.2. The van der Waals surface area contributed by atoms with E-state index >= 15 is 0 Å². The molecule has 1 aromatic rings. The van der Waals surface area contributed by atoms with E-state index < -0.39 is 0 Å². The van der Waals surface area contributed by atoms with Crippen LogP contribution in [0.5, 0.6) is 0 Å². The molecule has 1 aliphatic heterocycles. The zero-order valence-corrected chi connectivity index (χ0v) is 6.05. The van der Waals surface area contributed by atoms with E-state index in [1.807, 2.05) is 10.8 Å². The lowest BCUT2D eigenvalue weighted by Crippen LogP contribution is -2.20. The molecule has 4 heteroatoms. The monoisotopic (exact) mass is 154 g/mol. The van der Waals surface area contributed by atoms with Gasteiger partial charge < -0.3 is 14.4 Å². The third kappa shape index (κ3) is 1.15. The number of hydrogen-bond donors (Lipinski definition) is 1. The quantitative estimate of drug-likeness (QED) is 0.610. The van der Waals surface area contributed by atoms with Gasteiger partial charge in [-0.05, 0) is 0 Å². The van der Waals surface area contributed by atoms with Crippen molar-refractivity contribution in [3.8, 4) is 0 Å². The zero-order chi connectivity index (χ0) is 7.68. The third-order valence-corrected chi connectivity index (χ3v) is 1.93. The molecule has 0 amide bonds. The number of rotatable bonds is 1. The van der Waals surface area contributed by atoms with Gasteiger partial charge in [-0.1, -0.05) is 0 Å². The summed E-state index contributed by atoms with van der Waals surface area (Å²) < 4.78 is 6.97. The molecule has 0 bridgehead atoms. The fourth-order valence-corrected chi connectivity index (χ4v) is 1.28. The van der Waals surface area contributed by atoms with E-state index in [4.69, 9.17) is 4.74 Å². The largest absolute Gasteiger partial charge is 0.388 e. The second-order valence-corrected chi connectivity index (χ2v) is 2.68. The van der Waals surface area contributed by atoms with Crippen molar-refractivity contribution in [3.05, 3.63) is 18.7 Å². The lowest BCUT2D eigenvalue weighted by molar-refractivity contribution is 0.119. The van der Waals surface area contributed by atoms with Crippen LogP contribution in [-0.2, 0) is 4.74 Å². The summed E-state index contributed by atoms with van der Waals surface area (Å²) in [6, 6.07) is 0.0532. The summed E-state index contributed by atoms with van der Waals surface area (Å²) in [4.78, 5) is 3.90. The number of hydrogen-bond acceptors (Lipinski definition) is 3. The van der Waals surface area contributed by atoms with Crippen LogP contribution in [0.3, 0.4) is 0 Å². The molecule has 1 fully saturated rings. The first-order valence-electron chi connectivity index (χ1n) is 3.61. The molecule has 1 aliphatic rings. The molecule has 11 heavy (non-hydrogen) atoms. The van der Waals surface area contributed by atoms with E-state index in [1.54, 1.807) is 12.5 Å². The Kier molecular flexibility index (Phi) is 1.63. The van der Waals surface area contributed by atoms with Crippen molar-refractivity contribution in [3.63, 3.8) is 0 Å². The Balaban J connectivity index is 2.16. The molecule has 2 rings (SSSR count). The number of imidazole rings is 1. The summed E-state index contributed by atoms with van der Waals surface area (Å²) in [5.74, 6) is 0. The summed E-state index contributed by atoms with van der Waals surface area (Å²) in [6.07, 6.45) is 4.85. The molecule has 0 aromatic carbocycles. The van der Waals surface area contributed by atoms with Crippen molar-refractivity contribution in [2.24, 2.45) is 0 Å². The minimum Gasteiger partial charge on any atom is -0.388 e. The fraction of sp³-hybridized carbons (Fsp3) is 0.571. The third-order valence-electron chi connectivity index (χ3n) is 1.93. The van der Waals surface area contributed by atoms with Crippen LogP contribution in [0, 0.1) is 0 Å². The first-order chi connectivity index (χ1) is 5.38. The molecule has 2 heterocycles. The predicted molar refractivity (Wildman–Crippen MR) is 38.1 cm³/mol. The van der Waals surface area contributed by atoms with Crippen LogP contribution >= 0.6 is 0 Å². The summed E-state index contributed by atoms with van der Waals surface area (Å²) in [7, 11) is 0. The second-order valence-electron chi connectivity index (χ2n) is 2.68. The normalized spacial score (nSPS) is 31.0. The minimum absolute atomic E-state index is 0.0532. The summed E-state index contributed by atoms with van der Waals surface area (Å²) in [5.41, 5.74) is 0. The Hall–Kier alpha value is -0.870. The Morgan fingerprint density at radius 1 is 1.55 bits per heavy atom. The molecule has 0 saturated carbocycles. The number of ether oxygens (including phenoxy) is 1. The van der Waals surface area contributed by atoms with Crippen molar-refractivity contribution in [1.29, 1.82) is 0 Å². The van der Waals surface area contributed by atoms with Crippen LogP contribution in [0.1, 0.15) is 6.04 Å². The first-order valence-corrected chi connectivity index (χ1v) is 3.61. The van der Waals surface area contributed by atoms with Gasteiger partial charge in [-0.25, -0.2) is 4.98 Å². The van der Waals surface area contributed by atoms with Gasteiger partial charge in [-0.3, -0.25) is 0 Å². The van der Waals surface area contributed by atoms with E-state index in [-0.39, 0.29) is 12.1 Å². The molecule has 1 N–H and O–H groups in total. The van der Waals surface area contributed by atoms with Gasteiger partial charge in [0.25, 0.3) is 0 Å². The molecular weight excluding hydrogens is 144 g/mol. The highest BCUT2D eigenvalue weighted by molar-refractivity contribution is 4.86. The van der Waals surface area contributed by atoms with Crippen molar-refractivity contribution in [2.45, 2.75) is 12.1 Å². The molecule has 0 radical (unpaired) electrons. The van der Waals surface area contributed by atoms with E-state index in [9.17, 15) is 5.11 Å².